The SMILES string of the molecule is CCc1cc(N2CCCO2)nc(-c2ccc([N+](=O)[O-])cc2)n1. The van der Waals surface area contributed by atoms with E-state index in [1.807, 2.05) is 13.0 Å². The minimum Gasteiger partial charge on any atom is -0.272 e. The number of hydrogen-bond acceptors (Lipinski definition) is 6. The van der Waals surface area contributed by atoms with Crippen molar-refractivity contribution >= 4 is 11.5 Å². The lowest BCUT2D eigenvalue weighted by Gasteiger charge is -2.16. The van der Waals surface area contributed by atoms with Gasteiger partial charge in [-0.15, -0.1) is 0 Å². The minimum absolute atomic E-state index is 0.0542. The monoisotopic (exact) mass is 300 g/mol. The second-order valence-electron chi connectivity index (χ2n) is 4.99. The van der Waals surface area contributed by atoms with E-state index in [1.54, 1.807) is 17.2 Å². The van der Waals surface area contributed by atoms with Crippen LogP contribution in [0.1, 0.15) is 19.0 Å². The zero-order chi connectivity index (χ0) is 15.5. The summed E-state index contributed by atoms with van der Waals surface area (Å²) in [6, 6.07) is 8.18. The summed E-state index contributed by atoms with van der Waals surface area (Å²) in [5.74, 6) is 1.29. The van der Waals surface area contributed by atoms with Gasteiger partial charge in [0.15, 0.2) is 11.6 Å². The second-order valence-corrected chi connectivity index (χ2v) is 4.99. The van der Waals surface area contributed by atoms with Gasteiger partial charge in [-0.25, -0.2) is 15.0 Å². The average Bonchev–Trinajstić information content (AvgIpc) is 3.09. The molecule has 1 aliphatic heterocycles. The first-order valence-corrected chi connectivity index (χ1v) is 7.20. The average molecular weight is 300 g/mol. The number of nitro benzene ring substituents is 1. The Morgan fingerprint density at radius 1 is 1.32 bits per heavy atom. The summed E-state index contributed by atoms with van der Waals surface area (Å²) in [5.41, 5.74) is 1.72. The van der Waals surface area contributed by atoms with Gasteiger partial charge in [-0.3, -0.25) is 15.0 Å². The van der Waals surface area contributed by atoms with Crippen LogP contribution in [-0.4, -0.2) is 28.0 Å². The molecular formula is C15H16N4O3. The van der Waals surface area contributed by atoms with E-state index in [2.05, 4.69) is 9.97 Å². The highest BCUT2D eigenvalue weighted by Crippen LogP contribution is 2.24. The molecule has 2 aromatic rings. The van der Waals surface area contributed by atoms with Crippen molar-refractivity contribution < 1.29 is 9.76 Å². The fourth-order valence-electron chi connectivity index (χ4n) is 2.28. The van der Waals surface area contributed by atoms with Gasteiger partial charge in [-0.1, -0.05) is 6.92 Å². The Morgan fingerprint density at radius 2 is 2.09 bits per heavy atom. The number of hydrogen-bond donors (Lipinski definition) is 0. The van der Waals surface area contributed by atoms with Gasteiger partial charge in [0.1, 0.15) is 0 Å². The van der Waals surface area contributed by atoms with Gasteiger partial charge in [0.2, 0.25) is 0 Å². The lowest BCUT2D eigenvalue weighted by atomic mass is 10.2. The van der Waals surface area contributed by atoms with Crippen molar-refractivity contribution in [2.45, 2.75) is 19.8 Å². The van der Waals surface area contributed by atoms with Gasteiger partial charge in [0, 0.05) is 36.0 Å². The van der Waals surface area contributed by atoms with Gasteiger partial charge in [-0.05, 0) is 25.0 Å². The largest absolute Gasteiger partial charge is 0.272 e. The van der Waals surface area contributed by atoms with Crippen molar-refractivity contribution in [3.8, 4) is 11.4 Å². The van der Waals surface area contributed by atoms with Gasteiger partial charge < -0.3 is 0 Å². The summed E-state index contributed by atoms with van der Waals surface area (Å²) in [6.45, 7) is 3.52. The minimum atomic E-state index is -0.420. The highest BCUT2D eigenvalue weighted by Gasteiger charge is 2.17. The molecule has 0 unspecified atom stereocenters. The molecule has 7 nitrogen and oxygen atoms in total. The Balaban J connectivity index is 1.98. The molecule has 1 fully saturated rings. The summed E-state index contributed by atoms with van der Waals surface area (Å²) in [5, 5.41) is 12.5. The van der Waals surface area contributed by atoms with Gasteiger partial charge in [0.05, 0.1) is 11.5 Å². The number of non-ortho nitro benzene ring substituents is 1. The van der Waals surface area contributed by atoms with Crippen LogP contribution in [0.2, 0.25) is 0 Å². The smallest absolute Gasteiger partial charge is 0.269 e. The third-order valence-corrected chi connectivity index (χ3v) is 3.47. The fourth-order valence-corrected chi connectivity index (χ4v) is 2.28. The van der Waals surface area contributed by atoms with Crippen LogP contribution in [0.3, 0.4) is 0 Å². The molecule has 114 valence electrons. The topological polar surface area (TPSA) is 81.4 Å². The van der Waals surface area contributed by atoms with E-state index in [0.29, 0.717) is 12.4 Å². The molecule has 1 aromatic heterocycles. The van der Waals surface area contributed by atoms with E-state index in [4.69, 9.17) is 4.84 Å². The fraction of sp³-hybridized carbons (Fsp3) is 0.333. The third kappa shape index (κ3) is 2.89. The van der Waals surface area contributed by atoms with Crippen molar-refractivity contribution in [3.05, 3.63) is 46.1 Å². The summed E-state index contributed by atoms with van der Waals surface area (Å²) in [7, 11) is 0. The predicted molar refractivity (Wildman–Crippen MR) is 81.4 cm³/mol. The molecule has 7 heteroatoms. The van der Waals surface area contributed by atoms with E-state index < -0.39 is 4.92 Å². The van der Waals surface area contributed by atoms with Crippen LogP contribution in [0.25, 0.3) is 11.4 Å². The summed E-state index contributed by atoms with van der Waals surface area (Å²) < 4.78 is 0. The molecule has 2 heterocycles. The van der Waals surface area contributed by atoms with Crippen LogP contribution in [-0.2, 0) is 11.3 Å². The molecule has 0 spiro atoms. The van der Waals surface area contributed by atoms with E-state index >= 15 is 0 Å². The molecule has 0 amide bonds. The van der Waals surface area contributed by atoms with E-state index in [-0.39, 0.29) is 5.69 Å². The maximum absolute atomic E-state index is 10.7. The first kappa shape index (κ1) is 14.4. The molecule has 0 bridgehead atoms. The summed E-state index contributed by atoms with van der Waals surface area (Å²) >= 11 is 0. The predicted octanol–water partition coefficient (Wildman–Crippen LogP) is 2.76. The molecule has 0 saturated carbocycles. The van der Waals surface area contributed by atoms with Crippen LogP contribution in [0.4, 0.5) is 11.5 Å². The molecule has 1 aliphatic rings. The number of aromatic nitrogens is 2. The Kier molecular flexibility index (Phi) is 3.97. The molecule has 0 radical (unpaired) electrons. The van der Waals surface area contributed by atoms with Gasteiger partial charge >= 0.3 is 0 Å². The van der Waals surface area contributed by atoms with Crippen LogP contribution in [0.15, 0.2) is 30.3 Å². The second kappa shape index (κ2) is 6.07. The molecular weight excluding hydrogens is 284 g/mol. The first-order valence-electron chi connectivity index (χ1n) is 7.20. The Morgan fingerprint density at radius 3 is 2.68 bits per heavy atom. The van der Waals surface area contributed by atoms with Crippen molar-refractivity contribution in [3.63, 3.8) is 0 Å². The van der Waals surface area contributed by atoms with Crippen LogP contribution >= 0.6 is 0 Å². The third-order valence-electron chi connectivity index (χ3n) is 3.47. The van der Waals surface area contributed by atoms with Crippen molar-refractivity contribution in [2.75, 3.05) is 18.2 Å². The molecule has 3 rings (SSSR count). The number of hydroxylamine groups is 1. The van der Waals surface area contributed by atoms with Gasteiger partial charge in [0.25, 0.3) is 5.69 Å². The van der Waals surface area contributed by atoms with Crippen LogP contribution in [0.5, 0.6) is 0 Å². The van der Waals surface area contributed by atoms with Crippen LogP contribution in [0, 0.1) is 10.1 Å². The maximum atomic E-state index is 10.7. The zero-order valence-corrected chi connectivity index (χ0v) is 12.2. The number of anilines is 1. The molecule has 22 heavy (non-hydrogen) atoms. The van der Waals surface area contributed by atoms with E-state index in [9.17, 15) is 10.1 Å². The number of nitro groups is 1. The van der Waals surface area contributed by atoms with Crippen molar-refractivity contribution in [1.82, 2.24) is 9.97 Å². The summed E-state index contributed by atoms with van der Waals surface area (Å²) in [4.78, 5) is 24.9. The molecule has 1 saturated heterocycles. The molecule has 0 aliphatic carbocycles. The number of benzene rings is 1. The van der Waals surface area contributed by atoms with Crippen molar-refractivity contribution in [2.24, 2.45) is 0 Å². The van der Waals surface area contributed by atoms with Gasteiger partial charge in [-0.2, -0.15) is 0 Å². The van der Waals surface area contributed by atoms with E-state index in [0.717, 1.165) is 36.5 Å². The quantitative estimate of drug-likeness (QED) is 0.638. The highest BCUT2D eigenvalue weighted by molar-refractivity contribution is 5.59. The standard InChI is InChI=1S/C15H16N4O3/c1-2-12-10-14(18-8-3-9-22-18)17-15(16-12)11-4-6-13(7-5-11)19(20)21/h4-7,10H,2-3,8-9H2,1H3. The van der Waals surface area contributed by atoms with E-state index in [1.165, 1.54) is 12.1 Å². The highest BCUT2D eigenvalue weighted by atomic mass is 16.7. The number of nitrogens with zero attached hydrogens (tertiary/aromatic N) is 4. The Labute approximate surface area is 127 Å². The molecule has 1 aromatic carbocycles. The molecule has 0 atom stereocenters. The zero-order valence-electron chi connectivity index (χ0n) is 12.2. The normalized spacial score (nSPS) is 14.3. The summed E-state index contributed by atoms with van der Waals surface area (Å²) in [6.07, 6.45) is 1.75. The Bertz CT molecular complexity index is 682. The first-order chi connectivity index (χ1) is 10.7. The maximum Gasteiger partial charge on any atom is 0.269 e. The Hall–Kier alpha value is -2.54. The number of aryl methyl sites for hydroxylation is 1. The molecule has 0 N–H and O–H groups in total. The number of rotatable bonds is 4. The lowest BCUT2D eigenvalue weighted by molar-refractivity contribution is -0.384. The van der Waals surface area contributed by atoms with Crippen molar-refractivity contribution in [1.29, 1.82) is 0 Å². The lowest BCUT2D eigenvalue weighted by Crippen LogP contribution is -2.18. The van der Waals surface area contributed by atoms with Crippen LogP contribution < -0.4 is 5.06 Å².